The molecule has 152 valence electrons. The zero-order valence-corrected chi connectivity index (χ0v) is 17.5. The number of benzene rings is 2. The zero-order valence-electron chi connectivity index (χ0n) is 17.5. The molecule has 1 aliphatic carbocycles. The van der Waals surface area contributed by atoms with Crippen LogP contribution in [0.4, 0.5) is 0 Å². The van der Waals surface area contributed by atoms with Crippen molar-refractivity contribution in [2.45, 2.75) is 25.8 Å². The normalized spacial score (nSPS) is 15.3. The van der Waals surface area contributed by atoms with Crippen LogP contribution in [0.15, 0.2) is 30.5 Å². The maximum absolute atomic E-state index is 11.9. The molecule has 1 heterocycles. The number of aryl methyl sites for hydroxylation is 2. The first-order valence-corrected chi connectivity index (χ1v) is 9.66. The summed E-state index contributed by atoms with van der Waals surface area (Å²) in [7, 11) is 6.92. The SMILES string of the molecule is COc1cc2c(c(OC)c1OC)-c1cc3ccn(C)c3cc1[C@@H](NC(C)=O)CC2. The summed E-state index contributed by atoms with van der Waals surface area (Å²) in [5.74, 6) is 1.83. The fourth-order valence-electron chi connectivity index (χ4n) is 4.39. The summed E-state index contributed by atoms with van der Waals surface area (Å²) < 4.78 is 19.1. The van der Waals surface area contributed by atoms with E-state index in [0.29, 0.717) is 17.2 Å². The van der Waals surface area contributed by atoms with E-state index in [9.17, 15) is 4.79 Å². The summed E-state index contributed by atoms with van der Waals surface area (Å²) in [4.78, 5) is 11.9. The second-order valence-electron chi connectivity index (χ2n) is 7.40. The van der Waals surface area contributed by atoms with Gasteiger partial charge in [-0.25, -0.2) is 0 Å². The van der Waals surface area contributed by atoms with Crippen molar-refractivity contribution in [2.75, 3.05) is 21.3 Å². The van der Waals surface area contributed by atoms with Crippen molar-refractivity contribution < 1.29 is 19.0 Å². The smallest absolute Gasteiger partial charge is 0.217 e. The molecule has 0 saturated heterocycles. The van der Waals surface area contributed by atoms with Crippen molar-refractivity contribution in [2.24, 2.45) is 7.05 Å². The number of amides is 1. The molecule has 1 amide bonds. The van der Waals surface area contributed by atoms with Crippen LogP contribution in [0, 0.1) is 0 Å². The lowest BCUT2D eigenvalue weighted by molar-refractivity contribution is -0.119. The third kappa shape index (κ3) is 3.09. The highest BCUT2D eigenvalue weighted by Crippen LogP contribution is 2.51. The molecule has 0 fully saturated rings. The number of methoxy groups -OCH3 is 3. The van der Waals surface area contributed by atoms with Crippen LogP contribution in [0.2, 0.25) is 0 Å². The Hall–Kier alpha value is -3.15. The molecule has 6 nitrogen and oxygen atoms in total. The van der Waals surface area contributed by atoms with Gasteiger partial charge >= 0.3 is 0 Å². The maximum Gasteiger partial charge on any atom is 0.217 e. The van der Waals surface area contributed by atoms with Crippen molar-refractivity contribution in [1.29, 1.82) is 0 Å². The van der Waals surface area contributed by atoms with Gasteiger partial charge in [-0.15, -0.1) is 0 Å². The highest BCUT2D eigenvalue weighted by molar-refractivity contribution is 5.92. The van der Waals surface area contributed by atoms with Gasteiger partial charge in [0.05, 0.1) is 27.4 Å². The fraction of sp³-hybridized carbons (Fsp3) is 0.348. The number of rotatable bonds is 4. The first kappa shape index (κ1) is 19.2. The Morgan fingerprint density at radius 2 is 1.86 bits per heavy atom. The van der Waals surface area contributed by atoms with Crippen LogP contribution in [-0.2, 0) is 18.3 Å². The molecular weight excluding hydrogens is 368 g/mol. The minimum Gasteiger partial charge on any atom is -0.493 e. The lowest BCUT2D eigenvalue weighted by Crippen LogP contribution is -2.26. The van der Waals surface area contributed by atoms with Crippen molar-refractivity contribution in [3.05, 3.63) is 41.6 Å². The van der Waals surface area contributed by atoms with Crippen LogP contribution in [0.25, 0.3) is 22.0 Å². The minimum absolute atomic E-state index is 0.0407. The number of ether oxygens (including phenoxy) is 3. The van der Waals surface area contributed by atoms with E-state index in [1.54, 1.807) is 28.3 Å². The van der Waals surface area contributed by atoms with Gasteiger partial charge in [0.1, 0.15) is 0 Å². The highest BCUT2D eigenvalue weighted by Gasteiger charge is 2.29. The predicted molar refractivity (Wildman–Crippen MR) is 113 cm³/mol. The Labute approximate surface area is 170 Å². The Balaban J connectivity index is 2.07. The average Bonchev–Trinajstić information content (AvgIpc) is 3.00. The second kappa shape index (κ2) is 7.35. The van der Waals surface area contributed by atoms with Crippen molar-refractivity contribution in [3.63, 3.8) is 0 Å². The third-order valence-electron chi connectivity index (χ3n) is 5.69. The number of hydrogen-bond acceptors (Lipinski definition) is 4. The van der Waals surface area contributed by atoms with Gasteiger partial charge in [0.15, 0.2) is 11.5 Å². The van der Waals surface area contributed by atoms with E-state index in [4.69, 9.17) is 14.2 Å². The lowest BCUT2D eigenvalue weighted by Gasteiger charge is -2.21. The van der Waals surface area contributed by atoms with Gasteiger partial charge in [-0.3, -0.25) is 4.79 Å². The average molecular weight is 394 g/mol. The quantitative estimate of drug-likeness (QED) is 0.727. The second-order valence-corrected chi connectivity index (χ2v) is 7.40. The van der Waals surface area contributed by atoms with E-state index in [-0.39, 0.29) is 11.9 Å². The molecule has 3 aromatic rings. The molecule has 0 aliphatic heterocycles. The molecule has 0 radical (unpaired) electrons. The summed E-state index contributed by atoms with van der Waals surface area (Å²) in [5, 5.41) is 4.27. The fourth-order valence-corrected chi connectivity index (χ4v) is 4.39. The molecule has 2 aromatic carbocycles. The van der Waals surface area contributed by atoms with E-state index in [2.05, 4.69) is 28.1 Å². The summed E-state index contributed by atoms with van der Waals surface area (Å²) in [6.45, 7) is 1.56. The first-order chi connectivity index (χ1) is 14.0. The summed E-state index contributed by atoms with van der Waals surface area (Å²) >= 11 is 0. The lowest BCUT2D eigenvalue weighted by atomic mass is 9.92. The third-order valence-corrected chi connectivity index (χ3v) is 5.69. The molecule has 6 heteroatoms. The van der Waals surface area contributed by atoms with Gasteiger partial charge in [-0.2, -0.15) is 0 Å². The Bertz CT molecular complexity index is 1100. The maximum atomic E-state index is 11.9. The van der Waals surface area contributed by atoms with Crippen LogP contribution in [0.5, 0.6) is 17.2 Å². The molecule has 1 N–H and O–H groups in total. The van der Waals surface area contributed by atoms with Crippen molar-refractivity contribution in [1.82, 2.24) is 9.88 Å². The largest absolute Gasteiger partial charge is 0.493 e. The molecular formula is C23H26N2O4. The van der Waals surface area contributed by atoms with Gasteiger partial charge < -0.3 is 24.1 Å². The number of carbonyl (C=O) groups excluding carboxylic acids is 1. The van der Waals surface area contributed by atoms with Gasteiger partial charge in [-0.05, 0) is 53.8 Å². The Kier molecular flexibility index (Phi) is 4.86. The summed E-state index contributed by atoms with van der Waals surface area (Å²) in [6.07, 6.45) is 3.61. The summed E-state index contributed by atoms with van der Waals surface area (Å²) in [6, 6.07) is 8.39. The Morgan fingerprint density at radius 1 is 1.10 bits per heavy atom. The molecule has 4 rings (SSSR count). The van der Waals surface area contributed by atoms with Crippen molar-refractivity contribution in [3.8, 4) is 28.4 Å². The molecule has 0 unspecified atom stereocenters. The van der Waals surface area contributed by atoms with Gasteiger partial charge in [-0.1, -0.05) is 0 Å². The molecule has 1 aliphatic rings. The molecule has 0 spiro atoms. The van der Waals surface area contributed by atoms with Crippen LogP contribution in [-0.4, -0.2) is 31.8 Å². The number of fused-ring (bicyclic) bond motifs is 4. The number of aromatic nitrogens is 1. The van der Waals surface area contributed by atoms with Crippen LogP contribution in [0.1, 0.15) is 30.5 Å². The number of hydrogen-bond donors (Lipinski definition) is 1. The molecule has 0 bridgehead atoms. The van der Waals surface area contributed by atoms with Crippen LogP contribution >= 0.6 is 0 Å². The van der Waals surface area contributed by atoms with Crippen LogP contribution < -0.4 is 19.5 Å². The standard InChI is InChI=1S/C23H26N2O4/c1-13(26)24-18-7-6-15-11-20(27-3)22(28-4)23(29-5)21(15)17-10-14-8-9-25(2)19(14)12-16(17)18/h8-12,18H,6-7H2,1-5H3,(H,24,26)/t18-/m0/s1. The van der Waals surface area contributed by atoms with E-state index < -0.39 is 0 Å². The highest BCUT2D eigenvalue weighted by atomic mass is 16.5. The molecule has 1 atom stereocenters. The van der Waals surface area contributed by atoms with E-state index in [1.807, 2.05) is 19.3 Å². The van der Waals surface area contributed by atoms with Crippen LogP contribution in [0.3, 0.4) is 0 Å². The van der Waals surface area contributed by atoms with Gasteiger partial charge in [0.2, 0.25) is 11.7 Å². The van der Waals surface area contributed by atoms with E-state index in [0.717, 1.165) is 46.0 Å². The zero-order chi connectivity index (χ0) is 20.7. The summed E-state index contributed by atoms with van der Waals surface area (Å²) in [5.41, 5.74) is 5.37. The topological polar surface area (TPSA) is 61.7 Å². The molecule has 29 heavy (non-hydrogen) atoms. The number of nitrogens with zero attached hydrogens (tertiary/aromatic N) is 1. The predicted octanol–water partition coefficient (Wildman–Crippen LogP) is 3.99. The van der Waals surface area contributed by atoms with Gasteiger partial charge in [0, 0.05) is 36.6 Å². The number of nitrogens with one attached hydrogen (secondary N) is 1. The van der Waals surface area contributed by atoms with Gasteiger partial charge in [0.25, 0.3) is 0 Å². The van der Waals surface area contributed by atoms with E-state index in [1.165, 1.54) is 0 Å². The Morgan fingerprint density at radius 3 is 2.52 bits per heavy atom. The molecule has 1 aromatic heterocycles. The molecule has 0 saturated carbocycles. The number of carbonyl (C=O) groups is 1. The first-order valence-electron chi connectivity index (χ1n) is 9.66. The minimum atomic E-state index is -0.0871. The monoisotopic (exact) mass is 394 g/mol. The van der Waals surface area contributed by atoms with Crippen molar-refractivity contribution >= 4 is 16.8 Å². The van der Waals surface area contributed by atoms with E-state index >= 15 is 0 Å².